The topological polar surface area (TPSA) is 100 Å². The lowest BCUT2D eigenvalue weighted by Crippen LogP contribution is -2.20. The van der Waals surface area contributed by atoms with Gasteiger partial charge in [-0.2, -0.15) is 0 Å². The monoisotopic (exact) mass is 400 g/mol. The number of rotatable bonds is 6. The van der Waals surface area contributed by atoms with Crippen LogP contribution >= 0.6 is 11.6 Å². The largest absolute Gasteiger partial charge is 0.493 e. The predicted octanol–water partition coefficient (Wildman–Crippen LogP) is 2.87. The van der Waals surface area contributed by atoms with Gasteiger partial charge in [-0.1, -0.05) is 29.8 Å². The molecule has 0 fully saturated rings. The molecule has 0 atom stereocenters. The molecule has 8 heteroatoms. The normalized spacial score (nSPS) is 14.6. The van der Waals surface area contributed by atoms with Crippen molar-refractivity contribution in [3.8, 4) is 11.5 Å². The molecule has 0 spiro atoms. The number of primary amides is 1. The molecule has 1 amide bonds. The molecule has 2 aromatic carbocycles. The SMILES string of the molecule is COc1cc(C=C2N=C(c3ccccc3C)OC2=O)cc(Cl)c1OCC(N)=O. The molecule has 0 unspecified atom stereocenters. The number of benzene rings is 2. The predicted molar refractivity (Wildman–Crippen MR) is 104 cm³/mol. The smallest absolute Gasteiger partial charge is 0.363 e. The van der Waals surface area contributed by atoms with Gasteiger partial charge in [0.2, 0.25) is 5.90 Å². The van der Waals surface area contributed by atoms with Crippen LogP contribution in [0.5, 0.6) is 11.5 Å². The van der Waals surface area contributed by atoms with Crippen molar-refractivity contribution in [2.75, 3.05) is 13.7 Å². The van der Waals surface area contributed by atoms with Gasteiger partial charge in [-0.3, -0.25) is 4.79 Å². The van der Waals surface area contributed by atoms with E-state index in [0.29, 0.717) is 5.56 Å². The molecule has 1 aliphatic heterocycles. The molecular formula is C20H17ClN2O5. The van der Waals surface area contributed by atoms with E-state index in [9.17, 15) is 9.59 Å². The average Bonchev–Trinajstić information content (AvgIpc) is 3.00. The number of ether oxygens (including phenoxy) is 3. The second-order valence-electron chi connectivity index (χ2n) is 5.94. The first kappa shape index (κ1) is 19.4. The van der Waals surface area contributed by atoms with Crippen LogP contribution in [0, 0.1) is 6.92 Å². The quantitative estimate of drug-likeness (QED) is 0.593. The number of hydrogen-bond acceptors (Lipinski definition) is 6. The number of carbonyl (C=O) groups excluding carboxylic acids is 2. The van der Waals surface area contributed by atoms with Gasteiger partial charge in [0, 0.05) is 5.56 Å². The van der Waals surface area contributed by atoms with E-state index in [1.54, 1.807) is 12.1 Å². The Morgan fingerprint density at radius 2 is 2.07 bits per heavy atom. The molecule has 144 valence electrons. The maximum Gasteiger partial charge on any atom is 0.363 e. The van der Waals surface area contributed by atoms with Gasteiger partial charge in [-0.05, 0) is 42.3 Å². The number of halogens is 1. The number of amides is 1. The van der Waals surface area contributed by atoms with Gasteiger partial charge in [-0.25, -0.2) is 9.79 Å². The lowest BCUT2D eigenvalue weighted by Gasteiger charge is -2.12. The first-order valence-corrected chi connectivity index (χ1v) is 8.64. The zero-order valence-corrected chi connectivity index (χ0v) is 15.9. The minimum Gasteiger partial charge on any atom is -0.493 e. The molecule has 2 N–H and O–H groups in total. The second-order valence-corrected chi connectivity index (χ2v) is 6.35. The third-order valence-corrected chi connectivity index (χ3v) is 4.19. The molecular weight excluding hydrogens is 384 g/mol. The van der Waals surface area contributed by atoms with Gasteiger partial charge < -0.3 is 19.9 Å². The Hall–Kier alpha value is -3.32. The maximum absolute atomic E-state index is 12.2. The van der Waals surface area contributed by atoms with Crippen LogP contribution in [0.3, 0.4) is 0 Å². The second kappa shape index (κ2) is 8.14. The fourth-order valence-electron chi connectivity index (χ4n) is 2.60. The molecule has 0 aromatic heterocycles. The summed E-state index contributed by atoms with van der Waals surface area (Å²) in [7, 11) is 1.43. The fraction of sp³-hybridized carbons (Fsp3) is 0.150. The lowest BCUT2D eigenvalue weighted by atomic mass is 10.1. The Labute approximate surface area is 166 Å². The number of aryl methyl sites for hydroxylation is 1. The average molecular weight is 401 g/mol. The van der Waals surface area contributed by atoms with Crippen molar-refractivity contribution in [1.82, 2.24) is 0 Å². The highest BCUT2D eigenvalue weighted by Gasteiger charge is 2.25. The fourth-order valence-corrected chi connectivity index (χ4v) is 2.88. The summed E-state index contributed by atoms with van der Waals surface area (Å²) in [4.78, 5) is 27.4. The van der Waals surface area contributed by atoms with E-state index < -0.39 is 11.9 Å². The van der Waals surface area contributed by atoms with Crippen molar-refractivity contribution in [2.24, 2.45) is 10.7 Å². The summed E-state index contributed by atoms with van der Waals surface area (Å²) < 4.78 is 15.8. The summed E-state index contributed by atoms with van der Waals surface area (Å²) >= 11 is 6.23. The zero-order valence-electron chi connectivity index (χ0n) is 15.2. The van der Waals surface area contributed by atoms with Gasteiger partial charge in [0.1, 0.15) is 0 Å². The van der Waals surface area contributed by atoms with Gasteiger partial charge in [0.15, 0.2) is 23.8 Å². The van der Waals surface area contributed by atoms with E-state index in [0.717, 1.165) is 11.1 Å². The van der Waals surface area contributed by atoms with Gasteiger partial charge in [0.05, 0.1) is 12.1 Å². The number of aliphatic imine (C=N–C) groups is 1. The highest BCUT2D eigenvalue weighted by Crippen LogP contribution is 2.37. The molecule has 0 bridgehead atoms. The number of cyclic esters (lactones) is 1. The maximum atomic E-state index is 12.2. The molecule has 1 heterocycles. The zero-order chi connectivity index (χ0) is 20.3. The molecule has 0 saturated carbocycles. The number of esters is 1. The Balaban J connectivity index is 1.94. The molecule has 0 aliphatic carbocycles. The molecule has 1 aliphatic rings. The summed E-state index contributed by atoms with van der Waals surface area (Å²) in [5.74, 6) is -0.495. The molecule has 7 nitrogen and oxygen atoms in total. The summed E-state index contributed by atoms with van der Waals surface area (Å²) in [6, 6.07) is 10.6. The van der Waals surface area contributed by atoms with Crippen molar-refractivity contribution in [1.29, 1.82) is 0 Å². The number of nitrogens with zero attached hydrogens (tertiary/aromatic N) is 1. The van der Waals surface area contributed by atoms with E-state index in [2.05, 4.69) is 4.99 Å². The van der Waals surface area contributed by atoms with Gasteiger partial charge >= 0.3 is 5.97 Å². The first-order valence-electron chi connectivity index (χ1n) is 8.26. The summed E-state index contributed by atoms with van der Waals surface area (Å²) in [5, 5.41) is 0.196. The van der Waals surface area contributed by atoms with Crippen LogP contribution in [0.15, 0.2) is 47.1 Å². The van der Waals surface area contributed by atoms with E-state index >= 15 is 0 Å². The van der Waals surface area contributed by atoms with Crippen molar-refractivity contribution in [3.63, 3.8) is 0 Å². The van der Waals surface area contributed by atoms with E-state index in [1.807, 2.05) is 31.2 Å². The molecule has 0 saturated heterocycles. The minimum absolute atomic E-state index is 0.127. The summed E-state index contributed by atoms with van der Waals surface area (Å²) in [6.07, 6.45) is 1.53. The first-order chi connectivity index (χ1) is 13.4. The summed E-state index contributed by atoms with van der Waals surface area (Å²) in [6.45, 7) is 1.57. The number of hydrogen-bond donors (Lipinski definition) is 1. The van der Waals surface area contributed by atoms with E-state index in [-0.39, 0.29) is 34.7 Å². The Morgan fingerprint density at radius 3 is 2.75 bits per heavy atom. The van der Waals surface area contributed by atoms with Crippen LogP contribution in [0.2, 0.25) is 5.02 Å². The number of methoxy groups -OCH3 is 1. The van der Waals surface area contributed by atoms with Crippen LogP contribution in [0.4, 0.5) is 0 Å². The summed E-state index contributed by atoms with van der Waals surface area (Å²) in [5.41, 5.74) is 7.44. The molecule has 0 radical (unpaired) electrons. The van der Waals surface area contributed by atoms with Crippen LogP contribution in [0.1, 0.15) is 16.7 Å². The molecule has 28 heavy (non-hydrogen) atoms. The lowest BCUT2D eigenvalue weighted by molar-refractivity contribution is -0.130. The number of carbonyl (C=O) groups is 2. The van der Waals surface area contributed by atoms with E-state index in [4.69, 9.17) is 31.5 Å². The third kappa shape index (κ3) is 4.15. The van der Waals surface area contributed by atoms with Crippen LogP contribution in [-0.2, 0) is 14.3 Å². The highest BCUT2D eigenvalue weighted by molar-refractivity contribution is 6.32. The van der Waals surface area contributed by atoms with Crippen molar-refractivity contribution in [2.45, 2.75) is 6.92 Å². The van der Waals surface area contributed by atoms with Crippen LogP contribution in [0.25, 0.3) is 6.08 Å². The van der Waals surface area contributed by atoms with Crippen molar-refractivity contribution >= 4 is 35.5 Å². The van der Waals surface area contributed by atoms with E-state index in [1.165, 1.54) is 13.2 Å². The molecule has 3 rings (SSSR count). The minimum atomic E-state index is -0.643. The Kier molecular flexibility index (Phi) is 5.65. The van der Waals surface area contributed by atoms with Crippen LogP contribution < -0.4 is 15.2 Å². The Morgan fingerprint density at radius 1 is 1.32 bits per heavy atom. The number of nitrogens with two attached hydrogens (primary N) is 1. The van der Waals surface area contributed by atoms with Crippen LogP contribution in [-0.4, -0.2) is 31.5 Å². The van der Waals surface area contributed by atoms with Gasteiger partial charge in [-0.15, -0.1) is 0 Å². The molecule has 2 aromatic rings. The Bertz CT molecular complexity index is 1010. The standard InChI is InChI=1S/C20H17ClN2O5/c1-11-5-3-4-6-13(11)19-23-15(20(25)28-19)8-12-7-14(21)18(16(9-12)26-2)27-10-17(22)24/h3-9H,10H2,1-2H3,(H2,22,24). The van der Waals surface area contributed by atoms with Crippen molar-refractivity contribution < 1.29 is 23.8 Å². The van der Waals surface area contributed by atoms with Gasteiger partial charge in [0.25, 0.3) is 5.91 Å². The van der Waals surface area contributed by atoms with Crippen molar-refractivity contribution in [3.05, 3.63) is 63.8 Å². The third-order valence-electron chi connectivity index (χ3n) is 3.91. The highest BCUT2D eigenvalue weighted by atomic mass is 35.5.